The van der Waals surface area contributed by atoms with E-state index in [1.807, 2.05) is 0 Å². The fraction of sp³-hybridized carbons (Fsp3) is 0.571. The standard InChI is InChI=1S/C14H20ClFN2O2S/c1-9-3-2-4-10(5-9)8-18-21(19,20)13-7-11(17)6-12(15)14(13)16/h6-7,9-10,18H,2-5,8,17H2,1H3. The van der Waals surface area contributed by atoms with E-state index in [-0.39, 0.29) is 10.7 Å². The molecule has 0 amide bonds. The van der Waals surface area contributed by atoms with E-state index >= 15 is 0 Å². The molecule has 0 spiro atoms. The quantitative estimate of drug-likeness (QED) is 0.831. The maximum atomic E-state index is 13.9. The van der Waals surface area contributed by atoms with Gasteiger partial charge < -0.3 is 5.73 Å². The summed E-state index contributed by atoms with van der Waals surface area (Å²) in [6, 6.07) is 2.28. The Morgan fingerprint density at radius 2 is 2.14 bits per heavy atom. The van der Waals surface area contributed by atoms with Crippen LogP contribution in [0.15, 0.2) is 17.0 Å². The Balaban J connectivity index is 2.12. The molecule has 4 nitrogen and oxygen atoms in total. The van der Waals surface area contributed by atoms with E-state index in [1.165, 1.54) is 12.5 Å². The van der Waals surface area contributed by atoms with Crippen LogP contribution in [0.2, 0.25) is 5.02 Å². The highest BCUT2D eigenvalue weighted by Gasteiger charge is 2.25. The molecular weight excluding hydrogens is 315 g/mol. The van der Waals surface area contributed by atoms with Crippen molar-refractivity contribution in [3.63, 3.8) is 0 Å². The van der Waals surface area contributed by atoms with Crippen LogP contribution in [0, 0.1) is 17.7 Å². The molecule has 7 heteroatoms. The zero-order valence-electron chi connectivity index (χ0n) is 11.9. The number of nitrogens with two attached hydrogens (primary N) is 1. The van der Waals surface area contributed by atoms with Crippen molar-refractivity contribution < 1.29 is 12.8 Å². The largest absolute Gasteiger partial charge is 0.399 e. The van der Waals surface area contributed by atoms with Gasteiger partial charge in [-0.25, -0.2) is 17.5 Å². The summed E-state index contributed by atoms with van der Waals surface area (Å²) in [7, 11) is -3.94. The van der Waals surface area contributed by atoms with Gasteiger partial charge >= 0.3 is 0 Å². The predicted molar refractivity (Wildman–Crippen MR) is 82.1 cm³/mol. The number of nitrogen functional groups attached to an aromatic ring is 1. The third-order valence-electron chi connectivity index (χ3n) is 3.91. The summed E-state index contributed by atoms with van der Waals surface area (Å²) < 4.78 is 40.8. The van der Waals surface area contributed by atoms with Gasteiger partial charge in [0.2, 0.25) is 10.0 Å². The van der Waals surface area contributed by atoms with Crippen LogP contribution in [0.4, 0.5) is 10.1 Å². The highest BCUT2D eigenvalue weighted by Crippen LogP contribution is 2.29. The Bertz CT molecular complexity index is 622. The number of nitrogens with one attached hydrogen (secondary N) is 1. The fourth-order valence-corrected chi connectivity index (χ4v) is 4.36. The summed E-state index contributed by atoms with van der Waals surface area (Å²) in [4.78, 5) is -0.489. The summed E-state index contributed by atoms with van der Waals surface area (Å²) in [5.41, 5.74) is 5.66. The van der Waals surface area contributed by atoms with Gasteiger partial charge in [-0.2, -0.15) is 0 Å². The van der Waals surface area contributed by atoms with Gasteiger partial charge in [0.25, 0.3) is 0 Å². The molecule has 1 aromatic rings. The summed E-state index contributed by atoms with van der Waals surface area (Å²) in [6.07, 6.45) is 4.27. The smallest absolute Gasteiger partial charge is 0.243 e. The molecule has 1 fully saturated rings. The van der Waals surface area contributed by atoms with E-state index in [0.717, 1.165) is 25.3 Å². The minimum atomic E-state index is -3.94. The zero-order valence-corrected chi connectivity index (χ0v) is 13.5. The number of rotatable bonds is 4. The monoisotopic (exact) mass is 334 g/mol. The highest BCUT2D eigenvalue weighted by atomic mass is 35.5. The summed E-state index contributed by atoms with van der Waals surface area (Å²) >= 11 is 5.65. The lowest BCUT2D eigenvalue weighted by Gasteiger charge is -2.26. The minimum Gasteiger partial charge on any atom is -0.399 e. The second-order valence-corrected chi connectivity index (χ2v) is 7.95. The van der Waals surface area contributed by atoms with Crippen LogP contribution < -0.4 is 10.5 Å². The van der Waals surface area contributed by atoms with Gasteiger partial charge in [0.15, 0.2) is 5.82 Å². The lowest BCUT2D eigenvalue weighted by Crippen LogP contribution is -2.32. The highest BCUT2D eigenvalue weighted by molar-refractivity contribution is 7.89. The number of anilines is 1. The van der Waals surface area contributed by atoms with E-state index in [4.69, 9.17) is 17.3 Å². The van der Waals surface area contributed by atoms with Crippen molar-refractivity contribution in [3.8, 4) is 0 Å². The van der Waals surface area contributed by atoms with Crippen molar-refractivity contribution in [2.24, 2.45) is 11.8 Å². The average molecular weight is 335 g/mol. The molecule has 0 heterocycles. The molecule has 21 heavy (non-hydrogen) atoms. The lowest BCUT2D eigenvalue weighted by atomic mass is 9.83. The van der Waals surface area contributed by atoms with Crippen molar-refractivity contribution in [3.05, 3.63) is 23.0 Å². The predicted octanol–water partition coefficient (Wildman–Crippen LogP) is 3.17. The number of hydrogen-bond acceptors (Lipinski definition) is 3. The Morgan fingerprint density at radius 1 is 1.43 bits per heavy atom. The topological polar surface area (TPSA) is 72.2 Å². The van der Waals surface area contributed by atoms with Crippen LogP contribution in [0.3, 0.4) is 0 Å². The van der Waals surface area contributed by atoms with E-state index in [2.05, 4.69) is 11.6 Å². The molecule has 1 saturated carbocycles. The van der Waals surface area contributed by atoms with E-state index < -0.39 is 20.7 Å². The third-order valence-corrected chi connectivity index (χ3v) is 5.61. The molecule has 2 unspecified atom stereocenters. The van der Waals surface area contributed by atoms with Gasteiger partial charge in [-0.15, -0.1) is 0 Å². The normalized spacial score (nSPS) is 23.2. The molecule has 3 N–H and O–H groups in total. The Kier molecular flexibility index (Phi) is 5.11. The van der Waals surface area contributed by atoms with Gasteiger partial charge in [0.1, 0.15) is 4.90 Å². The minimum absolute atomic E-state index is 0.119. The van der Waals surface area contributed by atoms with E-state index in [0.29, 0.717) is 18.4 Å². The fourth-order valence-electron chi connectivity index (χ4n) is 2.83. The molecule has 0 saturated heterocycles. The Morgan fingerprint density at radius 3 is 2.81 bits per heavy atom. The number of halogens is 2. The second-order valence-electron chi connectivity index (χ2n) is 5.80. The summed E-state index contributed by atoms with van der Waals surface area (Å²) in [5.74, 6) is -0.0645. The van der Waals surface area contributed by atoms with Gasteiger partial charge in [0.05, 0.1) is 5.02 Å². The molecular formula is C14H20ClFN2O2S. The van der Waals surface area contributed by atoms with Gasteiger partial charge in [-0.1, -0.05) is 31.4 Å². The maximum absolute atomic E-state index is 13.9. The summed E-state index contributed by atoms with van der Waals surface area (Å²) in [5, 5.41) is -0.290. The van der Waals surface area contributed by atoms with E-state index in [1.54, 1.807) is 0 Å². The molecule has 0 aromatic heterocycles. The van der Waals surface area contributed by atoms with Gasteiger partial charge in [-0.3, -0.25) is 0 Å². The molecule has 1 aliphatic carbocycles. The molecule has 2 rings (SSSR count). The van der Waals surface area contributed by atoms with Crippen LogP contribution in [-0.2, 0) is 10.0 Å². The van der Waals surface area contributed by atoms with Crippen molar-refractivity contribution in [2.75, 3.05) is 12.3 Å². The Hall–Kier alpha value is -0.850. The molecule has 2 atom stereocenters. The number of hydrogen-bond donors (Lipinski definition) is 2. The molecule has 118 valence electrons. The maximum Gasteiger partial charge on any atom is 0.243 e. The second kappa shape index (κ2) is 6.50. The molecule has 0 bridgehead atoms. The van der Waals surface area contributed by atoms with Gasteiger partial charge in [-0.05, 0) is 36.8 Å². The van der Waals surface area contributed by atoms with Crippen molar-refractivity contribution >= 4 is 27.3 Å². The lowest BCUT2D eigenvalue weighted by molar-refractivity contribution is 0.283. The van der Waals surface area contributed by atoms with Gasteiger partial charge in [0, 0.05) is 12.2 Å². The van der Waals surface area contributed by atoms with Crippen molar-refractivity contribution in [1.29, 1.82) is 0 Å². The number of sulfonamides is 1. The van der Waals surface area contributed by atoms with Crippen LogP contribution in [0.25, 0.3) is 0 Å². The SMILES string of the molecule is CC1CCCC(CNS(=O)(=O)c2cc(N)cc(Cl)c2F)C1. The first kappa shape index (κ1) is 16.5. The van der Waals surface area contributed by atoms with Crippen molar-refractivity contribution in [2.45, 2.75) is 37.5 Å². The van der Waals surface area contributed by atoms with Crippen LogP contribution in [0.5, 0.6) is 0 Å². The Labute approximate surface area is 129 Å². The van der Waals surface area contributed by atoms with Crippen molar-refractivity contribution in [1.82, 2.24) is 4.72 Å². The van der Waals surface area contributed by atoms with Crippen LogP contribution in [0.1, 0.15) is 32.6 Å². The first-order valence-corrected chi connectivity index (χ1v) is 8.90. The first-order chi connectivity index (χ1) is 9.79. The average Bonchev–Trinajstić information content (AvgIpc) is 2.41. The molecule has 0 radical (unpaired) electrons. The first-order valence-electron chi connectivity index (χ1n) is 7.04. The molecule has 1 aliphatic rings. The molecule has 1 aromatic carbocycles. The summed E-state index contributed by atoms with van der Waals surface area (Å²) in [6.45, 7) is 2.48. The van der Waals surface area contributed by atoms with Crippen LogP contribution in [-0.4, -0.2) is 15.0 Å². The zero-order chi connectivity index (χ0) is 15.6. The van der Waals surface area contributed by atoms with Crippen LogP contribution >= 0.6 is 11.6 Å². The third kappa shape index (κ3) is 4.08. The van der Waals surface area contributed by atoms with E-state index in [9.17, 15) is 12.8 Å². The number of benzene rings is 1. The molecule has 0 aliphatic heterocycles.